The van der Waals surface area contributed by atoms with Crippen molar-refractivity contribution < 1.29 is 9.59 Å². The molecule has 1 heterocycles. The lowest BCUT2D eigenvalue weighted by Gasteiger charge is -2.11. The fourth-order valence-corrected chi connectivity index (χ4v) is 2.84. The summed E-state index contributed by atoms with van der Waals surface area (Å²) in [6.45, 7) is 3.96. The highest BCUT2D eigenvalue weighted by Gasteiger charge is 2.15. The molecular weight excluding hydrogens is 334 g/mol. The summed E-state index contributed by atoms with van der Waals surface area (Å²) in [6.07, 6.45) is 1.62. The van der Waals surface area contributed by atoms with Crippen LogP contribution in [0.3, 0.4) is 0 Å². The maximum absolute atomic E-state index is 12.5. The first kappa shape index (κ1) is 16.9. The van der Waals surface area contributed by atoms with E-state index in [4.69, 9.17) is 0 Å². The summed E-state index contributed by atoms with van der Waals surface area (Å²) in [5.41, 5.74) is 3.56. The molecule has 0 unspecified atom stereocenters. The van der Waals surface area contributed by atoms with Gasteiger partial charge in [0, 0.05) is 17.1 Å². The maximum atomic E-state index is 12.5. The average molecular weight is 351 g/mol. The molecule has 0 spiro atoms. The number of amides is 2. The average Bonchev–Trinajstić information content (AvgIpc) is 3.10. The zero-order valence-corrected chi connectivity index (χ0v) is 14.7. The van der Waals surface area contributed by atoms with Crippen molar-refractivity contribution in [1.29, 1.82) is 0 Å². The Labute approximate surface area is 149 Å². The summed E-state index contributed by atoms with van der Waals surface area (Å²) in [5, 5.41) is 7.84. The summed E-state index contributed by atoms with van der Waals surface area (Å²) in [7, 11) is 0. The number of aryl methyl sites for hydroxylation is 2. The molecule has 3 rings (SSSR count). The van der Waals surface area contributed by atoms with Crippen molar-refractivity contribution in [1.82, 2.24) is 4.98 Å². The van der Waals surface area contributed by atoms with E-state index >= 15 is 0 Å². The van der Waals surface area contributed by atoms with Gasteiger partial charge >= 0.3 is 0 Å². The van der Waals surface area contributed by atoms with Crippen LogP contribution >= 0.6 is 11.3 Å². The maximum Gasteiger partial charge on any atom is 0.259 e. The second-order valence-electron chi connectivity index (χ2n) is 5.59. The Bertz CT molecular complexity index is 920. The first-order valence-electron chi connectivity index (χ1n) is 7.73. The molecule has 0 saturated heterocycles. The third-order valence-electron chi connectivity index (χ3n) is 3.84. The number of aromatic nitrogens is 1. The minimum absolute atomic E-state index is 0.252. The van der Waals surface area contributed by atoms with E-state index in [-0.39, 0.29) is 11.8 Å². The SMILES string of the molecule is Cc1ccc(C(=O)Nc2ccccc2C(=O)Nc2nccs2)cc1C. The molecule has 2 amide bonds. The number of thiazole rings is 1. The molecule has 5 nitrogen and oxygen atoms in total. The summed E-state index contributed by atoms with van der Waals surface area (Å²) in [6, 6.07) is 12.4. The molecule has 2 N–H and O–H groups in total. The van der Waals surface area contributed by atoms with Gasteiger partial charge < -0.3 is 5.32 Å². The molecule has 25 heavy (non-hydrogen) atoms. The van der Waals surface area contributed by atoms with Gasteiger partial charge in [0.1, 0.15) is 0 Å². The van der Waals surface area contributed by atoms with Gasteiger partial charge in [-0.2, -0.15) is 0 Å². The van der Waals surface area contributed by atoms with Crippen LogP contribution in [0.2, 0.25) is 0 Å². The van der Waals surface area contributed by atoms with E-state index in [1.807, 2.05) is 26.0 Å². The second kappa shape index (κ2) is 7.27. The molecule has 0 aliphatic heterocycles. The highest BCUT2D eigenvalue weighted by Crippen LogP contribution is 2.20. The molecule has 0 atom stereocenters. The van der Waals surface area contributed by atoms with E-state index in [0.717, 1.165) is 11.1 Å². The smallest absolute Gasteiger partial charge is 0.259 e. The van der Waals surface area contributed by atoms with Gasteiger partial charge in [-0.1, -0.05) is 18.2 Å². The number of hydrogen-bond acceptors (Lipinski definition) is 4. The van der Waals surface area contributed by atoms with E-state index in [1.165, 1.54) is 11.3 Å². The van der Waals surface area contributed by atoms with Crippen LogP contribution < -0.4 is 10.6 Å². The number of hydrogen-bond donors (Lipinski definition) is 2. The molecule has 0 bridgehead atoms. The predicted molar refractivity (Wildman–Crippen MR) is 100 cm³/mol. The van der Waals surface area contributed by atoms with E-state index in [0.29, 0.717) is 21.9 Å². The molecule has 2 aromatic carbocycles. The van der Waals surface area contributed by atoms with Crippen molar-refractivity contribution in [3.05, 3.63) is 76.3 Å². The Morgan fingerprint density at radius 3 is 2.48 bits per heavy atom. The zero-order valence-electron chi connectivity index (χ0n) is 13.9. The normalized spacial score (nSPS) is 10.3. The van der Waals surface area contributed by atoms with E-state index in [1.54, 1.807) is 41.9 Å². The summed E-state index contributed by atoms with van der Waals surface area (Å²) < 4.78 is 0. The van der Waals surface area contributed by atoms with Gasteiger partial charge in [0.05, 0.1) is 11.3 Å². The minimum Gasteiger partial charge on any atom is -0.321 e. The van der Waals surface area contributed by atoms with Crippen LogP contribution in [0, 0.1) is 13.8 Å². The van der Waals surface area contributed by atoms with Crippen LogP contribution in [0.4, 0.5) is 10.8 Å². The summed E-state index contributed by atoms with van der Waals surface area (Å²) in [5.74, 6) is -0.566. The Morgan fingerprint density at radius 2 is 1.76 bits per heavy atom. The van der Waals surface area contributed by atoms with Crippen LogP contribution in [0.15, 0.2) is 54.0 Å². The van der Waals surface area contributed by atoms with Gasteiger partial charge in [-0.05, 0) is 49.2 Å². The number of nitrogens with one attached hydrogen (secondary N) is 2. The highest BCUT2D eigenvalue weighted by atomic mass is 32.1. The summed E-state index contributed by atoms with van der Waals surface area (Å²) in [4.78, 5) is 29.0. The molecule has 0 saturated carbocycles. The monoisotopic (exact) mass is 351 g/mol. The van der Waals surface area contributed by atoms with E-state index in [2.05, 4.69) is 15.6 Å². The van der Waals surface area contributed by atoms with Crippen molar-refractivity contribution in [2.75, 3.05) is 10.6 Å². The van der Waals surface area contributed by atoms with Gasteiger partial charge in [0.25, 0.3) is 11.8 Å². The number of para-hydroxylation sites is 1. The van der Waals surface area contributed by atoms with Gasteiger partial charge in [0.2, 0.25) is 0 Å². The minimum atomic E-state index is -0.314. The molecular formula is C19H17N3O2S. The molecule has 0 aliphatic rings. The fourth-order valence-electron chi connectivity index (χ4n) is 2.32. The second-order valence-corrected chi connectivity index (χ2v) is 6.48. The molecule has 6 heteroatoms. The van der Waals surface area contributed by atoms with Crippen molar-refractivity contribution in [3.63, 3.8) is 0 Å². The molecule has 3 aromatic rings. The van der Waals surface area contributed by atoms with Gasteiger partial charge in [-0.3, -0.25) is 14.9 Å². The summed E-state index contributed by atoms with van der Waals surface area (Å²) >= 11 is 1.34. The predicted octanol–water partition coefficient (Wildman–Crippen LogP) is 4.26. The highest BCUT2D eigenvalue weighted by molar-refractivity contribution is 7.13. The number of rotatable bonds is 4. The van der Waals surface area contributed by atoms with Gasteiger partial charge in [-0.15, -0.1) is 11.3 Å². The van der Waals surface area contributed by atoms with Crippen molar-refractivity contribution in [2.24, 2.45) is 0 Å². The lowest BCUT2D eigenvalue weighted by molar-refractivity contribution is 0.102. The zero-order chi connectivity index (χ0) is 17.8. The fraction of sp³-hybridized carbons (Fsp3) is 0.105. The Balaban J connectivity index is 1.81. The number of nitrogens with zero attached hydrogens (tertiary/aromatic N) is 1. The van der Waals surface area contributed by atoms with Crippen LogP contribution in [0.1, 0.15) is 31.8 Å². The van der Waals surface area contributed by atoms with Crippen molar-refractivity contribution in [2.45, 2.75) is 13.8 Å². The van der Waals surface area contributed by atoms with Crippen molar-refractivity contribution >= 4 is 34.0 Å². The van der Waals surface area contributed by atoms with Crippen molar-refractivity contribution in [3.8, 4) is 0 Å². The quantitative estimate of drug-likeness (QED) is 0.737. The topological polar surface area (TPSA) is 71.1 Å². The van der Waals surface area contributed by atoms with Crippen LogP contribution in [-0.4, -0.2) is 16.8 Å². The lowest BCUT2D eigenvalue weighted by Crippen LogP contribution is -2.18. The van der Waals surface area contributed by atoms with E-state index < -0.39 is 0 Å². The molecule has 1 aromatic heterocycles. The Hall–Kier alpha value is -2.99. The Kier molecular flexibility index (Phi) is 4.90. The molecule has 0 fully saturated rings. The first-order valence-corrected chi connectivity index (χ1v) is 8.61. The van der Waals surface area contributed by atoms with Crippen LogP contribution in [-0.2, 0) is 0 Å². The van der Waals surface area contributed by atoms with Gasteiger partial charge in [0.15, 0.2) is 5.13 Å². The third kappa shape index (κ3) is 3.92. The number of anilines is 2. The van der Waals surface area contributed by atoms with Gasteiger partial charge in [-0.25, -0.2) is 4.98 Å². The molecule has 0 radical (unpaired) electrons. The first-order chi connectivity index (χ1) is 12.0. The largest absolute Gasteiger partial charge is 0.321 e. The molecule has 0 aliphatic carbocycles. The van der Waals surface area contributed by atoms with Crippen LogP contribution in [0.25, 0.3) is 0 Å². The lowest BCUT2D eigenvalue weighted by atomic mass is 10.1. The van der Waals surface area contributed by atoms with E-state index in [9.17, 15) is 9.59 Å². The molecule has 126 valence electrons. The standard InChI is InChI=1S/C19H17N3O2S/c1-12-7-8-14(11-13(12)2)17(23)21-16-6-4-3-5-15(16)18(24)22-19-20-9-10-25-19/h3-11H,1-2H3,(H,21,23)(H,20,22,24). The third-order valence-corrected chi connectivity index (χ3v) is 4.53. The number of carbonyl (C=O) groups is 2. The number of benzene rings is 2. The number of carbonyl (C=O) groups excluding carboxylic acids is 2. The Morgan fingerprint density at radius 1 is 0.960 bits per heavy atom. The van der Waals surface area contributed by atoms with Crippen LogP contribution in [0.5, 0.6) is 0 Å².